The second-order valence-corrected chi connectivity index (χ2v) is 6.56. The normalized spacial score (nSPS) is 52.9. The van der Waals surface area contributed by atoms with Crippen molar-refractivity contribution in [1.82, 2.24) is 0 Å². The number of hydrogen-bond acceptors (Lipinski definition) is 2. The van der Waals surface area contributed by atoms with E-state index in [1.807, 2.05) is 6.92 Å². The fraction of sp³-hybridized carbons (Fsp3) is 0.800. The van der Waals surface area contributed by atoms with Crippen LogP contribution in [0.3, 0.4) is 0 Å². The lowest BCUT2D eigenvalue weighted by atomic mass is 9.55. The number of carbonyl (C=O) groups is 1. The van der Waals surface area contributed by atoms with Crippen LogP contribution >= 0.6 is 0 Å². The van der Waals surface area contributed by atoms with Crippen molar-refractivity contribution in [1.29, 1.82) is 0 Å². The summed E-state index contributed by atoms with van der Waals surface area (Å²) in [6.45, 7) is 6.70. The summed E-state index contributed by atoms with van der Waals surface area (Å²) in [5.74, 6) is 1.68. The lowest BCUT2D eigenvalue weighted by Gasteiger charge is -2.50. The topological polar surface area (TPSA) is 26.3 Å². The van der Waals surface area contributed by atoms with E-state index in [1.165, 1.54) is 6.42 Å². The molecule has 6 atom stereocenters. The zero-order valence-corrected chi connectivity index (χ0v) is 11.0. The quantitative estimate of drug-likeness (QED) is 0.475. The van der Waals surface area contributed by atoms with Crippen LogP contribution in [0.2, 0.25) is 0 Å². The minimum Gasteiger partial charge on any atom is -0.461 e. The lowest BCUT2D eigenvalue weighted by molar-refractivity contribution is -0.150. The van der Waals surface area contributed by atoms with Crippen LogP contribution in [0.5, 0.6) is 0 Å². The van der Waals surface area contributed by atoms with Gasteiger partial charge in [-0.3, -0.25) is 4.79 Å². The molecule has 3 aliphatic rings. The number of carbonyl (C=O) groups excluding carboxylic acids is 1. The fourth-order valence-corrected chi connectivity index (χ4v) is 4.45. The highest BCUT2D eigenvalue weighted by molar-refractivity contribution is 5.75. The lowest BCUT2D eigenvalue weighted by Crippen LogP contribution is -2.48. The van der Waals surface area contributed by atoms with Crippen molar-refractivity contribution >= 4 is 5.97 Å². The van der Waals surface area contributed by atoms with Gasteiger partial charge in [-0.05, 0) is 30.6 Å². The van der Waals surface area contributed by atoms with Crippen molar-refractivity contribution in [3.63, 3.8) is 0 Å². The first kappa shape index (κ1) is 11.3. The van der Waals surface area contributed by atoms with Crippen LogP contribution < -0.4 is 0 Å². The van der Waals surface area contributed by atoms with E-state index in [-0.39, 0.29) is 18.0 Å². The van der Waals surface area contributed by atoms with E-state index in [4.69, 9.17) is 4.74 Å². The maximum Gasteiger partial charge on any atom is 0.309 e. The van der Waals surface area contributed by atoms with Crippen LogP contribution in [0, 0.1) is 29.1 Å². The van der Waals surface area contributed by atoms with E-state index in [2.05, 4.69) is 26.0 Å². The third-order valence-electron chi connectivity index (χ3n) is 5.49. The Labute approximate surface area is 103 Å². The molecule has 1 saturated heterocycles. The summed E-state index contributed by atoms with van der Waals surface area (Å²) in [6, 6.07) is 0. The Bertz CT molecular complexity index is 373. The molecule has 1 saturated carbocycles. The van der Waals surface area contributed by atoms with Gasteiger partial charge in [-0.25, -0.2) is 0 Å². The van der Waals surface area contributed by atoms with Gasteiger partial charge in [0, 0.05) is 11.8 Å². The maximum atomic E-state index is 11.8. The van der Waals surface area contributed by atoms with E-state index in [0.717, 1.165) is 12.8 Å². The average molecular weight is 234 g/mol. The van der Waals surface area contributed by atoms with Crippen molar-refractivity contribution < 1.29 is 9.53 Å². The van der Waals surface area contributed by atoms with Gasteiger partial charge in [0.15, 0.2) is 0 Å². The molecule has 0 bridgehead atoms. The van der Waals surface area contributed by atoms with Gasteiger partial charge in [-0.15, -0.1) is 0 Å². The van der Waals surface area contributed by atoms with Crippen LogP contribution in [0.4, 0.5) is 0 Å². The fourth-order valence-electron chi connectivity index (χ4n) is 4.45. The Balaban J connectivity index is 1.96. The van der Waals surface area contributed by atoms with Gasteiger partial charge in [0.25, 0.3) is 0 Å². The van der Waals surface area contributed by atoms with Crippen LogP contribution in [-0.2, 0) is 9.53 Å². The predicted molar refractivity (Wildman–Crippen MR) is 66.3 cm³/mol. The van der Waals surface area contributed by atoms with Crippen molar-refractivity contribution in [3.05, 3.63) is 12.2 Å². The molecule has 0 spiro atoms. The Morgan fingerprint density at radius 1 is 1.41 bits per heavy atom. The molecule has 1 aliphatic heterocycles. The molecule has 2 fully saturated rings. The molecular formula is C15H22O2. The zero-order valence-electron chi connectivity index (χ0n) is 11.0. The molecule has 1 heterocycles. The predicted octanol–water partition coefficient (Wildman–Crippen LogP) is 3.18. The summed E-state index contributed by atoms with van der Waals surface area (Å²) >= 11 is 0. The highest BCUT2D eigenvalue weighted by atomic mass is 16.6. The van der Waals surface area contributed by atoms with Crippen LogP contribution in [0.1, 0.15) is 40.0 Å². The van der Waals surface area contributed by atoms with Gasteiger partial charge in [-0.1, -0.05) is 32.9 Å². The highest BCUT2D eigenvalue weighted by Crippen LogP contribution is 2.56. The third kappa shape index (κ3) is 1.49. The van der Waals surface area contributed by atoms with Gasteiger partial charge in [0.2, 0.25) is 0 Å². The first-order valence-electron chi connectivity index (χ1n) is 6.90. The molecule has 0 N–H and O–H groups in total. The first-order chi connectivity index (χ1) is 8.03. The molecule has 94 valence electrons. The van der Waals surface area contributed by atoms with Gasteiger partial charge in [0.05, 0.1) is 5.92 Å². The SMILES string of the molecule is C[C@@H]1C=CC[C@]2(C)CC[C@@H]3[C@H](OC(=O)[C@H]3C)[C@@H]12. The number of esters is 1. The van der Waals surface area contributed by atoms with Crippen LogP contribution in [-0.4, -0.2) is 12.1 Å². The van der Waals surface area contributed by atoms with E-state index in [0.29, 0.717) is 23.2 Å². The minimum atomic E-state index is 0.0333. The first-order valence-corrected chi connectivity index (χ1v) is 6.90. The van der Waals surface area contributed by atoms with Crippen molar-refractivity contribution in [2.45, 2.75) is 46.1 Å². The third-order valence-corrected chi connectivity index (χ3v) is 5.49. The number of fused-ring (bicyclic) bond motifs is 3. The summed E-state index contributed by atoms with van der Waals surface area (Å²) < 4.78 is 5.71. The summed E-state index contributed by atoms with van der Waals surface area (Å²) in [7, 11) is 0. The molecule has 0 aromatic heterocycles. The Hall–Kier alpha value is -0.790. The summed E-state index contributed by atoms with van der Waals surface area (Å²) in [5.41, 5.74) is 0.347. The van der Waals surface area contributed by atoms with Gasteiger partial charge in [0.1, 0.15) is 6.10 Å². The molecule has 17 heavy (non-hydrogen) atoms. The number of allylic oxidation sites excluding steroid dienone is 2. The molecule has 0 amide bonds. The highest BCUT2D eigenvalue weighted by Gasteiger charge is 2.56. The molecule has 2 nitrogen and oxygen atoms in total. The van der Waals surface area contributed by atoms with E-state index in [1.54, 1.807) is 0 Å². The average Bonchev–Trinajstić information content (AvgIpc) is 2.54. The second-order valence-electron chi connectivity index (χ2n) is 6.56. The van der Waals surface area contributed by atoms with Crippen LogP contribution in [0.25, 0.3) is 0 Å². The van der Waals surface area contributed by atoms with Crippen molar-refractivity contribution in [2.75, 3.05) is 0 Å². The zero-order chi connectivity index (χ0) is 12.2. The van der Waals surface area contributed by atoms with Gasteiger partial charge in [-0.2, -0.15) is 0 Å². The second kappa shape index (κ2) is 3.60. The summed E-state index contributed by atoms with van der Waals surface area (Å²) in [4.78, 5) is 11.8. The Morgan fingerprint density at radius 2 is 2.18 bits per heavy atom. The maximum absolute atomic E-state index is 11.8. The van der Waals surface area contributed by atoms with Crippen LogP contribution in [0.15, 0.2) is 12.2 Å². The van der Waals surface area contributed by atoms with E-state index < -0.39 is 0 Å². The molecule has 3 rings (SSSR count). The largest absolute Gasteiger partial charge is 0.461 e. The molecule has 2 heteroatoms. The number of hydrogen-bond donors (Lipinski definition) is 0. The monoisotopic (exact) mass is 234 g/mol. The molecule has 0 radical (unpaired) electrons. The molecule has 0 unspecified atom stereocenters. The minimum absolute atomic E-state index is 0.0333. The van der Waals surface area contributed by atoms with Gasteiger partial charge < -0.3 is 4.74 Å². The summed E-state index contributed by atoms with van der Waals surface area (Å²) in [6.07, 6.45) is 8.36. The van der Waals surface area contributed by atoms with E-state index in [9.17, 15) is 4.79 Å². The number of ether oxygens (including phenoxy) is 1. The van der Waals surface area contributed by atoms with Gasteiger partial charge >= 0.3 is 5.97 Å². The van der Waals surface area contributed by atoms with Crippen molar-refractivity contribution in [3.8, 4) is 0 Å². The van der Waals surface area contributed by atoms with Crippen molar-refractivity contribution in [2.24, 2.45) is 29.1 Å². The molecule has 2 aliphatic carbocycles. The molecular weight excluding hydrogens is 212 g/mol. The Morgan fingerprint density at radius 3 is 2.94 bits per heavy atom. The molecule has 0 aromatic rings. The van der Waals surface area contributed by atoms with E-state index >= 15 is 0 Å². The standard InChI is InChI=1S/C15H22O2/c1-9-5-4-7-15(3)8-6-11-10(2)14(16)17-13(11)12(9)15/h4-5,9-13H,6-8H2,1-3H3/t9-,10+,11+,12-,13+,15-/m1/s1. The Kier molecular flexibility index (Phi) is 2.39. The summed E-state index contributed by atoms with van der Waals surface area (Å²) in [5, 5.41) is 0. The smallest absolute Gasteiger partial charge is 0.309 e. The number of rotatable bonds is 0. The molecule has 0 aromatic carbocycles.